The Morgan fingerprint density at radius 2 is 2.10 bits per heavy atom. The van der Waals surface area contributed by atoms with Crippen LogP contribution in [0.3, 0.4) is 0 Å². The van der Waals surface area contributed by atoms with Gasteiger partial charge in [-0.25, -0.2) is 8.42 Å². The maximum absolute atomic E-state index is 12.3. The summed E-state index contributed by atoms with van der Waals surface area (Å²) in [5.41, 5.74) is 1.23. The number of hydrogen-bond donors (Lipinski definition) is 2. The van der Waals surface area contributed by atoms with Crippen molar-refractivity contribution in [3.8, 4) is 11.8 Å². The third kappa shape index (κ3) is 4.74. The van der Waals surface area contributed by atoms with Crippen LogP contribution in [0.4, 0.5) is 5.69 Å². The largest absolute Gasteiger partial charge is 0.395 e. The number of benzene rings is 1. The first-order chi connectivity index (χ1) is 10.1. The molecule has 1 aromatic rings. The van der Waals surface area contributed by atoms with Gasteiger partial charge in [-0.15, -0.1) is 0 Å². The predicted octanol–water partition coefficient (Wildman–Crippen LogP) is 1.34. The molecular weight excluding hydrogens is 290 g/mol. The van der Waals surface area contributed by atoms with Crippen molar-refractivity contribution in [1.29, 1.82) is 0 Å². The van der Waals surface area contributed by atoms with Crippen LogP contribution < -0.4 is 4.72 Å². The third-order valence-electron chi connectivity index (χ3n) is 3.20. The van der Waals surface area contributed by atoms with E-state index in [0.29, 0.717) is 38.2 Å². The normalized spacial score (nSPS) is 16.0. The molecule has 1 aliphatic rings. The summed E-state index contributed by atoms with van der Waals surface area (Å²) in [4.78, 5) is 0. The zero-order chi connectivity index (χ0) is 15.1. The predicted molar refractivity (Wildman–Crippen MR) is 81.4 cm³/mol. The van der Waals surface area contributed by atoms with E-state index in [-0.39, 0.29) is 6.61 Å². The molecule has 1 saturated heterocycles. The second kappa shape index (κ2) is 7.46. The van der Waals surface area contributed by atoms with Crippen LogP contribution in [0.15, 0.2) is 24.3 Å². The standard InChI is InChI=1S/C15H19NO4S/c17-9-2-1-4-13-5-3-6-14(12-13)16-21(18,19)15-7-10-20-11-8-15/h3,5-6,12,15-17H,2,7-11H2. The lowest BCUT2D eigenvalue weighted by Crippen LogP contribution is -2.33. The van der Waals surface area contributed by atoms with Gasteiger partial charge in [-0.1, -0.05) is 17.9 Å². The van der Waals surface area contributed by atoms with Gasteiger partial charge in [0.2, 0.25) is 10.0 Å². The highest BCUT2D eigenvalue weighted by Gasteiger charge is 2.27. The molecule has 21 heavy (non-hydrogen) atoms. The summed E-state index contributed by atoms with van der Waals surface area (Å²) in [5, 5.41) is 8.28. The van der Waals surface area contributed by atoms with Crippen LogP contribution in [0, 0.1) is 11.8 Å². The van der Waals surface area contributed by atoms with Crippen LogP contribution in [0.1, 0.15) is 24.8 Å². The van der Waals surface area contributed by atoms with Gasteiger partial charge in [-0.05, 0) is 31.0 Å². The molecule has 0 amide bonds. The van der Waals surface area contributed by atoms with Gasteiger partial charge in [0.05, 0.1) is 11.9 Å². The van der Waals surface area contributed by atoms with Gasteiger partial charge in [0.15, 0.2) is 0 Å². The number of nitrogens with one attached hydrogen (secondary N) is 1. The topological polar surface area (TPSA) is 75.6 Å². The number of aliphatic hydroxyl groups is 1. The van der Waals surface area contributed by atoms with E-state index in [1.165, 1.54) is 0 Å². The van der Waals surface area contributed by atoms with Crippen molar-refractivity contribution < 1.29 is 18.3 Å². The molecule has 114 valence electrons. The number of anilines is 1. The molecule has 0 bridgehead atoms. The van der Waals surface area contributed by atoms with Crippen molar-refractivity contribution in [2.24, 2.45) is 0 Å². The average Bonchev–Trinajstić information content (AvgIpc) is 2.48. The van der Waals surface area contributed by atoms with Crippen LogP contribution in [0.25, 0.3) is 0 Å². The molecule has 0 spiro atoms. The Labute approximate surface area is 125 Å². The van der Waals surface area contributed by atoms with Crippen molar-refractivity contribution >= 4 is 15.7 Å². The lowest BCUT2D eigenvalue weighted by atomic mass is 10.2. The minimum absolute atomic E-state index is 0.0169. The molecule has 5 nitrogen and oxygen atoms in total. The zero-order valence-electron chi connectivity index (χ0n) is 11.7. The molecule has 0 aliphatic carbocycles. The fourth-order valence-electron chi connectivity index (χ4n) is 2.11. The van der Waals surface area contributed by atoms with Crippen molar-refractivity contribution in [2.45, 2.75) is 24.5 Å². The van der Waals surface area contributed by atoms with Crippen LogP contribution in [-0.4, -0.2) is 38.6 Å². The Hall–Kier alpha value is -1.55. The molecule has 0 unspecified atom stereocenters. The number of ether oxygens (including phenoxy) is 1. The summed E-state index contributed by atoms with van der Waals surface area (Å²) in [6.45, 7) is 0.986. The molecule has 0 radical (unpaired) electrons. The van der Waals surface area contributed by atoms with Gasteiger partial charge in [0.1, 0.15) is 0 Å². The maximum Gasteiger partial charge on any atom is 0.235 e. The molecule has 0 atom stereocenters. The van der Waals surface area contributed by atoms with Crippen molar-refractivity contribution in [3.05, 3.63) is 29.8 Å². The quantitative estimate of drug-likeness (QED) is 0.823. The second-order valence-corrected chi connectivity index (χ2v) is 6.78. The van der Waals surface area contributed by atoms with E-state index >= 15 is 0 Å². The minimum atomic E-state index is -3.40. The van der Waals surface area contributed by atoms with E-state index in [1.54, 1.807) is 24.3 Å². The van der Waals surface area contributed by atoms with Gasteiger partial charge < -0.3 is 9.84 Å². The highest BCUT2D eigenvalue weighted by atomic mass is 32.2. The fourth-order valence-corrected chi connectivity index (χ4v) is 3.55. The number of rotatable bonds is 4. The van der Waals surface area contributed by atoms with Crippen LogP contribution in [-0.2, 0) is 14.8 Å². The van der Waals surface area contributed by atoms with E-state index in [1.807, 2.05) is 0 Å². The van der Waals surface area contributed by atoms with Crippen molar-refractivity contribution in [3.63, 3.8) is 0 Å². The zero-order valence-corrected chi connectivity index (χ0v) is 12.5. The number of sulfonamides is 1. The Bertz CT molecular complexity index is 625. The molecule has 0 saturated carbocycles. The summed E-state index contributed by atoms with van der Waals surface area (Å²) < 4.78 is 32.4. The van der Waals surface area contributed by atoms with Crippen molar-refractivity contribution in [1.82, 2.24) is 0 Å². The summed E-state index contributed by atoms with van der Waals surface area (Å²) in [6, 6.07) is 6.96. The van der Waals surface area contributed by atoms with Crippen molar-refractivity contribution in [2.75, 3.05) is 24.5 Å². The van der Waals surface area contributed by atoms with Crippen LogP contribution in [0.5, 0.6) is 0 Å². The molecule has 1 heterocycles. The van der Waals surface area contributed by atoms with Gasteiger partial charge in [0, 0.05) is 30.9 Å². The average molecular weight is 309 g/mol. The Balaban J connectivity index is 2.08. The first-order valence-corrected chi connectivity index (χ1v) is 8.45. The lowest BCUT2D eigenvalue weighted by Gasteiger charge is -2.22. The maximum atomic E-state index is 12.3. The molecule has 0 aromatic heterocycles. The first kappa shape index (κ1) is 15.8. The van der Waals surface area contributed by atoms with Crippen LogP contribution in [0.2, 0.25) is 0 Å². The Morgan fingerprint density at radius 1 is 1.33 bits per heavy atom. The monoisotopic (exact) mass is 309 g/mol. The molecule has 1 aromatic carbocycles. The Kier molecular flexibility index (Phi) is 5.62. The van der Waals surface area contributed by atoms with E-state index in [0.717, 1.165) is 5.56 Å². The van der Waals surface area contributed by atoms with Gasteiger partial charge in [-0.2, -0.15) is 0 Å². The summed E-state index contributed by atoms with van der Waals surface area (Å²) in [5.74, 6) is 5.70. The van der Waals surface area contributed by atoms with E-state index < -0.39 is 15.3 Å². The van der Waals surface area contributed by atoms with Gasteiger partial charge in [-0.3, -0.25) is 4.72 Å². The number of aliphatic hydroxyl groups excluding tert-OH is 1. The summed E-state index contributed by atoms with van der Waals surface area (Å²) in [7, 11) is -3.40. The van der Waals surface area contributed by atoms with Gasteiger partial charge >= 0.3 is 0 Å². The fraction of sp³-hybridized carbons (Fsp3) is 0.467. The third-order valence-corrected chi connectivity index (χ3v) is 5.07. The second-order valence-electron chi connectivity index (χ2n) is 4.81. The van der Waals surface area contributed by atoms with Gasteiger partial charge in [0.25, 0.3) is 0 Å². The SMILES string of the molecule is O=S(=O)(Nc1cccc(C#CCCO)c1)C1CCOCC1. The van der Waals surface area contributed by atoms with E-state index in [2.05, 4.69) is 16.6 Å². The van der Waals surface area contributed by atoms with Crippen LogP contribution >= 0.6 is 0 Å². The highest BCUT2D eigenvalue weighted by Crippen LogP contribution is 2.19. The number of hydrogen-bond acceptors (Lipinski definition) is 4. The molecule has 1 aliphatic heterocycles. The summed E-state index contributed by atoms with van der Waals surface area (Å²) >= 11 is 0. The molecular formula is C15H19NO4S. The van der Waals surface area contributed by atoms with E-state index in [4.69, 9.17) is 9.84 Å². The van der Waals surface area contributed by atoms with E-state index in [9.17, 15) is 8.42 Å². The molecule has 2 rings (SSSR count). The summed E-state index contributed by atoms with van der Waals surface area (Å²) in [6.07, 6.45) is 1.44. The molecule has 6 heteroatoms. The smallest absolute Gasteiger partial charge is 0.235 e. The lowest BCUT2D eigenvalue weighted by molar-refractivity contribution is 0.0984. The molecule has 2 N–H and O–H groups in total. The Morgan fingerprint density at radius 3 is 2.81 bits per heavy atom. The highest BCUT2D eigenvalue weighted by molar-refractivity contribution is 7.93. The molecule has 1 fully saturated rings. The first-order valence-electron chi connectivity index (χ1n) is 6.91. The minimum Gasteiger partial charge on any atom is -0.395 e.